The summed E-state index contributed by atoms with van der Waals surface area (Å²) in [6, 6.07) is 4.69. The number of aryl methyl sites for hydroxylation is 2. The zero-order chi connectivity index (χ0) is 16.2. The van der Waals surface area contributed by atoms with E-state index in [9.17, 15) is 0 Å². The van der Waals surface area contributed by atoms with E-state index >= 15 is 0 Å². The molecule has 4 nitrogen and oxygen atoms in total. The lowest BCUT2D eigenvalue weighted by molar-refractivity contribution is 0.451. The third kappa shape index (κ3) is 4.14. The summed E-state index contributed by atoms with van der Waals surface area (Å²) in [7, 11) is 0. The van der Waals surface area contributed by atoms with Crippen molar-refractivity contribution < 1.29 is 0 Å². The van der Waals surface area contributed by atoms with Gasteiger partial charge in [-0.25, -0.2) is 9.97 Å². The van der Waals surface area contributed by atoms with E-state index in [2.05, 4.69) is 46.2 Å². The molecule has 2 heterocycles. The summed E-state index contributed by atoms with van der Waals surface area (Å²) in [6.45, 7) is 7.25. The van der Waals surface area contributed by atoms with Crippen molar-refractivity contribution in [3.63, 3.8) is 0 Å². The Hall–Kier alpha value is -1.81. The Morgan fingerprint density at radius 1 is 1.22 bits per heavy atom. The molecule has 1 unspecified atom stereocenters. The molecule has 0 saturated carbocycles. The minimum atomic E-state index is 0.356. The molecule has 1 atom stereocenters. The van der Waals surface area contributed by atoms with Gasteiger partial charge in [0.05, 0.1) is 0 Å². The second-order valence-electron chi connectivity index (χ2n) is 6.90. The van der Waals surface area contributed by atoms with Gasteiger partial charge in [0.15, 0.2) is 0 Å². The van der Waals surface area contributed by atoms with Gasteiger partial charge in [-0.15, -0.1) is 0 Å². The molecule has 0 aromatic carbocycles. The van der Waals surface area contributed by atoms with E-state index in [0.29, 0.717) is 12.0 Å². The van der Waals surface area contributed by atoms with Crippen molar-refractivity contribution in [3.8, 4) is 0 Å². The average Bonchev–Trinajstić information content (AvgIpc) is 2.53. The highest BCUT2D eigenvalue weighted by Crippen LogP contribution is 2.28. The van der Waals surface area contributed by atoms with E-state index in [0.717, 1.165) is 31.6 Å². The van der Waals surface area contributed by atoms with Crippen LogP contribution in [0.2, 0.25) is 0 Å². The van der Waals surface area contributed by atoms with Crippen LogP contribution in [-0.4, -0.2) is 15.0 Å². The molecule has 0 amide bonds. The first-order valence-corrected chi connectivity index (χ1v) is 8.61. The highest BCUT2D eigenvalue weighted by atomic mass is 14.9. The zero-order valence-corrected chi connectivity index (χ0v) is 14.3. The topological polar surface area (TPSA) is 50.7 Å². The summed E-state index contributed by atoms with van der Waals surface area (Å²) >= 11 is 0. The first kappa shape index (κ1) is 16.1. The fraction of sp³-hybridized carbons (Fsp3) is 0.526. The molecule has 1 N–H and O–H groups in total. The van der Waals surface area contributed by atoms with E-state index in [4.69, 9.17) is 0 Å². The van der Waals surface area contributed by atoms with Gasteiger partial charge >= 0.3 is 0 Å². The lowest BCUT2D eigenvalue weighted by atomic mass is 9.92. The third-order valence-corrected chi connectivity index (χ3v) is 4.36. The first-order valence-electron chi connectivity index (χ1n) is 8.61. The molecular formula is C19H26N4. The Bertz CT molecular complexity index is 649. The average molecular weight is 310 g/mol. The molecule has 0 saturated heterocycles. The number of aromatic nitrogens is 3. The number of rotatable bonds is 5. The van der Waals surface area contributed by atoms with Gasteiger partial charge < -0.3 is 5.32 Å². The van der Waals surface area contributed by atoms with Gasteiger partial charge in [-0.2, -0.15) is 0 Å². The van der Waals surface area contributed by atoms with Crippen molar-refractivity contribution in [2.75, 3.05) is 0 Å². The van der Waals surface area contributed by atoms with E-state index in [1.54, 1.807) is 0 Å². The van der Waals surface area contributed by atoms with Crippen molar-refractivity contribution in [3.05, 3.63) is 52.9 Å². The van der Waals surface area contributed by atoms with Crippen LogP contribution in [0.1, 0.15) is 61.1 Å². The molecule has 2 aromatic heterocycles. The largest absolute Gasteiger partial charge is 0.306 e. The summed E-state index contributed by atoms with van der Waals surface area (Å²) < 4.78 is 0. The molecular weight excluding hydrogens is 284 g/mol. The highest BCUT2D eigenvalue weighted by molar-refractivity contribution is 5.25. The van der Waals surface area contributed by atoms with Crippen LogP contribution in [0.3, 0.4) is 0 Å². The highest BCUT2D eigenvalue weighted by Gasteiger charge is 2.21. The van der Waals surface area contributed by atoms with E-state index in [1.807, 2.05) is 19.3 Å². The fourth-order valence-corrected chi connectivity index (χ4v) is 3.20. The SMILES string of the molecule is Cc1ncc2c(n1)CCCC2NCc1ccc(CC(C)C)nc1. The van der Waals surface area contributed by atoms with Crippen molar-refractivity contribution in [2.24, 2.45) is 5.92 Å². The van der Waals surface area contributed by atoms with Crippen LogP contribution < -0.4 is 5.32 Å². The van der Waals surface area contributed by atoms with Crippen LogP contribution in [0.15, 0.2) is 24.5 Å². The molecule has 0 aliphatic heterocycles. The number of hydrogen-bond donors (Lipinski definition) is 1. The molecule has 1 aliphatic rings. The lowest BCUT2D eigenvalue weighted by Gasteiger charge is -2.25. The lowest BCUT2D eigenvalue weighted by Crippen LogP contribution is -2.26. The number of nitrogens with zero attached hydrogens (tertiary/aromatic N) is 3. The maximum atomic E-state index is 4.59. The Balaban J connectivity index is 1.63. The van der Waals surface area contributed by atoms with Gasteiger partial charge in [0.1, 0.15) is 5.82 Å². The minimum absolute atomic E-state index is 0.356. The third-order valence-electron chi connectivity index (χ3n) is 4.36. The Kier molecular flexibility index (Phi) is 5.01. The Labute approximate surface area is 138 Å². The van der Waals surface area contributed by atoms with Crippen LogP contribution in [0.5, 0.6) is 0 Å². The number of hydrogen-bond acceptors (Lipinski definition) is 4. The molecule has 2 aromatic rings. The first-order chi connectivity index (χ1) is 11.1. The van der Waals surface area contributed by atoms with Crippen LogP contribution in [-0.2, 0) is 19.4 Å². The smallest absolute Gasteiger partial charge is 0.125 e. The van der Waals surface area contributed by atoms with Crippen LogP contribution >= 0.6 is 0 Å². The predicted molar refractivity (Wildman–Crippen MR) is 92.1 cm³/mol. The minimum Gasteiger partial charge on any atom is -0.306 e. The molecule has 0 fully saturated rings. The summed E-state index contributed by atoms with van der Waals surface area (Å²) in [5, 5.41) is 3.65. The summed E-state index contributed by atoms with van der Waals surface area (Å²) in [5.74, 6) is 1.52. The van der Waals surface area contributed by atoms with Gasteiger partial charge in [-0.3, -0.25) is 4.98 Å². The second kappa shape index (κ2) is 7.18. The molecule has 3 rings (SSSR count). The number of fused-ring (bicyclic) bond motifs is 1. The zero-order valence-electron chi connectivity index (χ0n) is 14.3. The molecule has 122 valence electrons. The van der Waals surface area contributed by atoms with Crippen molar-refractivity contribution in [1.82, 2.24) is 20.3 Å². The van der Waals surface area contributed by atoms with Gasteiger partial charge in [0, 0.05) is 41.9 Å². The maximum Gasteiger partial charge on any atom is 0.125 e. The van der Waals surface area contributed by atoms with Crippen LogP contribution in [0, 0.1) is 12.8 Å². The predicted octanol–water partition coefficient (Wildman–Crippen LogP) is 3.55. The normalized spacial score (nSPS) is 17.3. The molecule has 0 bridgehead atoms. The Morgan fingerprint density at radius 2 is 2.09 bits per heavy atom. The maximum absolute atomic E-state index is 4.59. The molecule has 4 heteroatoms. The summed E-state index contributed by atoms with van der Waals surface area (Å²) in [4.78, 5) is 13.5. The number of pyridine rings is 1. The van der Waals surface area contributed by atoms with E-state index < -0.39 is 0 Å². The molecule has 23 heavy (non-hydrogen) atoms. The fourth-order valence-electron chi connectivity index (χ4n) is 3.20. The van der Waals surface area contributed by atoms with Gasteiger partial charge in [0.2, 0.25) is 0 Å². The van der Waals surface area contributed by atoms with E-state index in [-0.39, 0.29) is 0 Å². The number of nitrogens with one attached hydrogen (secondary N) is 1. The monoisotopic (exact) mass is 310 g/mol. The van der Waals surface area contributed by atoms with Gasteiger partial charge in [-0.1, -0.05) is 19.9 Å². The van der Waals surface area contributed by atoms with Crippen LogP contribution in [0.25, 0.3) is 0 Å². The second-order valence-corrected chi connectivity index (χ2v) is 6.90. The molecule has 0 spiro atoms. The quantitative estimate of drug-likeness (QED) is 0.917. The van der Waals surface area contributed by atoms with Gasteiger partial charge in [-0.05, 0) is 50.2 Å². The standard InChI is InChI=1S/C19H26N4/c1-13(2)9-16-8-7-15(10-21-16)11-22-18-5-4-6-19-17(18)12-20-14(3)23-19/h7-8,10,12-13,18,22H,4-6,9,11H2,1-3H3. The van der Waals surface area contributed by atoms with Crippen molar-refractivity contribution in [2.45, 2.75) is 59.0 Å². The van der Waals surface area contributed by atoms with E-state index in [1.165, 1.54) is 28.9 Å². The van der Waals surface area contributed by atoms with Gasteiger partial charge in [0.25, 0.3) is 0 Å². The summed E-state index contributed by atoms with van der Waals surface area (Å²) in [5.41, 5.74) is 4.89. The molecule has 1 aliphatic carbocycles. The summed E-state index contributed by atoms with van der Waals surface area (Å²) in [6.07, 6.45) is 8.45. The van der Waals surface area contributed by atoms with Crippen molar-refractivity contribution >= 4 is 0 Å². The van der Waals surface area contributed by atoms with Crippen molar-refractivity contribution in [1.29, 1.82) is 0 Å². The Morgan fingerprint density at radius 3 is 2.83 bits per heavy atom. The molecule has 0 radical (unpaired) electrons. The van der Waals surface area contributed by atoms with Crippen LogP contribution in [0.4, 0.5) is 0 Å².